The molecule has 1 aromatic rings. The highest BCUT2D eigenvalue weighted by atomic mass is 127. The highest BCUT2D eigenvalue weighted by molar-refractivity contribution is 14.1. The van der Waals surface area contributed by atoms with Crippen LogP contribution < -0.4 is 4.74 Å². The Morgan fingerprint density at radius 2 is 2.21 bits per heavy atom. The van der Waals surface area contributed by atoms with Crippen molar-refractivity contribution in [3.63, 3.8) is 0 Å². The fourth-order valence-electron chi connectivity index (χ4n) is 1.43. The molecule has 0 bridgehead atoms. The Morgan fingerprint density at radius 3 is 2.68 bits per heavy atom. The first-order chi connectivity index (χ1) is 8.99. The lowest BCUT2D eigenvalue weighted by atomic mass is 10.1. The maximum absolute atomic E-state index is 11.7. The molecule has 0 spiro atoms. The van der Waals surface area contributed by atoms with Gasteiger partial charge in [0.2, 0.25) is 0 Å². The molecule has 0 radical (unpaired) electrons. The van der Waals surface area contributed by atoms with Crippen LogP contribution >= 0.6 is 22.6 Å². The number of ether oxygens (including phenoxy) is 1. The van der Waals surface area contributed by atoms with Crippen LogP contribution in [0.15, 0.2) is 23.8 Å². The lowest BCUT2D eigenvalue weighted by molar-refractivity contribution is -0.124. The van der Waals surface area contributed by atoms with Gasteiger partial charge < -0.3 is 9.64 Å². The number of likely N-dealkylation sites (N-methyl/N-ethyl adjacent to an activating group) is 1. The van der Waals surface area contributed by atoms with E-state index in [1.54, 1.807) is 20.2 Å². The SMILES string of the molecule is CCOc1ccc(/C=C(/C#N)C(=O)N(C)C)cc1I. The number of hydrogen-bond donors (Lipinski definition) is 0. The van der Waals surface area contributed by atoms with Crippen LogP contribution in [0.2, 0.25) is 0 Å². The van der Waals surface area contributed by atoms with Crippen LogP contribution in [0.25, 0.3) is 6.08 Å². The van der Waals surface area contributed by atoms with Gasteiger partial charge in [0, 0.05) is 14.1 Å². The quantitative estimate of drug-likeness (QED) is 0.465. The lowest BCUT2D eigenvalue weighted by Crippen LogP contribution is -2.22. The second-order valence-electron chi connectivity index (χ2n) is 3.99. The standard InChI is InChI=1S/C14H15IN2O2/c1-4-19-13-6-5-10(8-12(13)15)7-11(9-16)14(18)17(2)3/h5-8H,4H2,1-3H3/b11-7-. The Morgan fingerprint density at radius 1 is 1.53 bits per heavy atom. The first-order valence-corrected chi connectivity index (χ1v) is 6.83. The summed E-state index contributed by atoms with van der Waals surface area (Å²) in [6.45, 7) is 2.53. The highest BCUT2D eigenvalue weighted by Crippen LogP contribution is 2.23. The zero-order valence-corrected chi connectivity index (χ0v) is 13.3. The third-order valence-corrected chi connectivity index (χ3v) is 3.17. The average Bonchev–Trinajstić information content (AvgIpc) is 2.38. The van der Waals surface area contributed by atoms with Crippen molar-refractivity contribution >= 4 is 34.6 Å². The molecule has 0 atom stereocenters. The Balaban J connectivity index is 3.07. The van der Waals surface area contributed by atoms with Crippen molar-refractivity contribution in [2.45, 2.75) is 6.92 Å². The molecule has 0 aliphatic carbocycles. The Kier molecular flexibility index (Phi) is 5.83. The van der Waals surface area contributed by atoms with Crippen LogP contribution in [0.4, 0.5) is 0 Å². The molecule has 0 aromatic heterocycles. The van der Waals surface area contributed by atoms with E-state index in [9.17, 15) is 4.79 Å². The smallest absolute Gasteiger partial charge is 0.264 e. The maximum Gasteiger partial charge on any atom is 0.264 e. The van der Waals surface area contributed by atoms with Crippen LogP contribution in [-0.4, -0.2) is 31.5 Å². The number of nitriles is 1. The third kappa shape index (κ3) is 4.24. The van der Waals surface area contributed by atoms with Crippen molar-refractivity contribution in [2.24, 2.45) is 0 Å². The Labute approximate surface area is 126 Å². The summed E-state index contributed by atoms with van der Waals surface area (Å²) >= 11 is 2.17. The highest BCUT2D eigenvalue weighted by Gasteiger charge is 2.11. The van der Waals surface area contributed by atoms with E-state index in [4.69, 9.17) is 10.00 Å². The number of amides is 1. The zero-order chi connectivity index (χ0) is 14.4. The molecule has 1 aromatic carbocycles. The van der Waals surface area contributed by atoms with Crippen LogP contribution in [0, 0.1) is 14.9 Å². The van der Waals surface area contributed by atoms with E-state index in [1.807, 2.05) is 31.2 Å². The normalized spacial score (nSPS) is 10.8. The van der Waals surface area contributed by atoms with E-state index in [0.717, 1.165) is 14.9 Å². The summed E-state index contributed by atoms with van der Waals surface area (Å²) in [4.78, 5) is 13.1. The first-order valence-electron chi connectivity index (χ1n) is 5.75. The maximum atomic E-state index is 11.7. The van der Waals surface area contributed by atoms with Gasteiger partial charge in [-0.2, -0.15) is 5.26 Å². The van der Waals surface area contributed by atoms with Crippen molar-refractivity contribution in [1.29, 1.82) is 5.26 Å². The van der Waals surface area contributed by atoms with Gasteiger partial charge in [-0.1, -0.05) is 6.07 Å². The molecule has 0 heterocycles. The monoisotopic (exact) mass is 370 g/mol. The molecule has 19 heavy (non-hydrogen) atoms. The Bertz CT molecular complexity index is 545. The topological polar surface area (TPSA) is 53.3 Å². The lowest BCUT2D eigenvalue weighted by Gasteiger charge is -2.09. The van der Waals surface area contributed by atoms with Gasteiger partial charge in [0.05, 0.1) is 10.2 Å². The molecule has 0 unspecified atom stereocenters. The number of hydrogen-bond acceptors (Lipinski definition) is 3. The van der Waals surface area contributed by atoms with Crippen molar-refractivity contribution in [1.82, 2.24) is 4.90 Å². The second kappa shape index (κ2) is 7.14. The van der Waals surface area contributed by atoms with Gasteiger partial charge in [0.1, 0.15) is 17.4 Å². The van der Waals surface area contributed by atoms with Gasteiger partial charge in [0.15, 0.2) is 0 Å². The predicted molar refractivity (Wildman–Crippen MR) is 82.6 cm³/mol. The zero-order valence-electron chi connectivity index (χ0n) is 11.1. The number of benzene rings is 1. The molecule has 0 N–H and O–H groups in total. The average molecular weight is 370 g/mol. The van der Waals surface area contributed by atoms with E-state index in [1.165, 1.54) is 4.90 Å². The third-order valence-electron chi connectivity index (χ3n) is 2.32. The summed E-state index contributed by atoms with van der Waals surface area (Å²) in [5.74, 6) is 0.504. The van der Waals surface area contributed by atoms with Gasteiger partial charge in [-0.05, 0) is 53.3 Å². The van der Waals surface area contributed by atoms with Crippen LogP contribution in [0.5, 0.6) is 5.75 Å². The van der Waals surface area contributed by atoms with Gasteiger partial charge >= 0.3 is 0 Å². The van der Waals surface area contributed by atoms with Gasteiger partial charge in [0.25, 0.3) is 5.91 Å². The number of carbonyl (C=O) groups is 1. The molecule has 0 aliphatic rings. The van der Waals surface area contributed by atoms with E-state index in [0.29, 0.717) is 6.61 Å². The van der Waals surface area contributed by atoms with E-state index < -0.39 is 0 Å². The number of halogens is 1. The molecule has 0 fully saturated rings. The Hall–Kier alpha value is -1.55. The van der Waals surface area contributed by atoms with Crippen molar-refractivity contribution in [3.8, 4) is 11.8 Å². The summed E-state index contributed by atoms with van der Waals surface area (Å²) in [6.07, 6.45) is 1.58. The fourth-order valence-corrected chi connectivity index (χ4v) is 2.12. The molecule has 1 rings (SSSR count). The summed E-state index contributed by atoms with van der Waals surface area (Å²) < 4.78 is 6.39. The van der Waals surface area contributed by atoms with Crippen LogP contribution in [0.1, 0.15) is 12.5 Å². The van der Waals surface area contributed by atoms with Gasteiger partial charge in [-0.3, -0.25) is 4.79 Å². The molecular formula is C14H15IN2O2. The fraction of sp³-hybridized carbons (Fsp3) is 0.286. The van der Waals surface area contributed by atoms with E-state index >= 15 is 0 Å². The first kappa shape index (κ1) is 15.5. The molecule has 1 amide bonds. The minimum absolute atomic E-state index is 0.116. The molecule has 0 saturated carbocycles. The summed E-state index contributed by atoms with van der Waals surface area (Å²) in [7, 11) is 3.24. The molecule has 100 valence electrons. The summed E-state index contributed by atoms with van der Waals surface area (Å²) in [6, 6.07) is 7.47. The van der Waals surface area contributed by atoms with Crippen molar-refractivity contribution in [2.75, 3.05) is 20.7 Å². The number of nitrogens with zero attached hydrogens (tertiary/aromatic N) is 2. The van der Waals surface area contributed by atoms with E-state index in [2.05, 4.69) is 22.6 Å². The summed E-state index contributed by atoms with van der Waals surface area (Å²) in [5, 5.41) is 9.02. The van der Waals surface area contributed by atoms with E-state index in [-0.39, 0.29) is 11.5 Å². The van der Waals surface area contributed by atoms with Crippen LogP contribution in [0.3, 0.4) is 0 Å². The molecule has 5 heteroatoms. The molecule has 4 nitrogen and oxygen atoms in total. The van der Waals surface area contributed by atoms with Crippen molar-refractivity contribution < 1.29 is 9.53 Å². The second-order valence-corrected chi connectivity index (χ2v) is 5.15. The van der Waals surface area contributed by atoms with Crippen molar-refractivity contribution in [3.05, 3.63) is 32.9 Å². The molecule has 0 aliphatic heterocycles. The minimum atomic E-state index is -0.300. The van der Waals surface area contributed by atoms with Gasteiger partial charge in [-0.15, -0.1) is 0 Å². The number of carbonyl (C=O) groups excluding carboxylic acids is 1. The largest absolute Gasteiger partial charge is 0.493 e. The summed E-state index contributed by atoms with van der Waals surface area (Å²) in [5.41, 5.74) is 0.921. The molecular weight excluding hydrogens is 355 g/mol. The molecule has 0 saturated heterocycles. The minimum Gasteiger partial charge on any atom is -0.493 e. The van der Waals surface area contributed by atoms with Gasteiger partial charge in [-0.25, -0.2) is 0 Å². The number of rotatable bonds is 4. The predicted octanol–water partition coefficient (Wildman–Crippen LogP) is 2.69. The van der Waals surface area contributed by atoms with Crippen LogP contribution in [-0.2, 0) is 4.79 Å².